The summed E-state index contributed by atoms with van der Waals surface area (Å²) in [5.74, 6) is -0.951. The van der Waals surface area contributed by atoms with Gasteiger partial charge in [-0.25, -0.2) is 0 Å². The van der Waals surface area contributed by atoms with E-state index in [-0.39, 0.29) is 6.29 Å². The van der Waals surface area contributed by atoms with Gasteiger partial charge in [-0.1, -0.05) is 0 Å². The molecule has 1 saturated heterocycles. The molecule has 0 aromatic carbocycles. The third kappa shape index (κ3) is 12.2. The second-order valence-corrected chi connectivity index (χ2v) is 10.3. The minimum Gasteiger partial charge on any atom is -0.343 e. The first-order chi connectivity index (χ1) is 10.8. The molecule has 6 N–H and O–H groups in total. The minimum absolute atomic E-state index is 0.179. The molecule has 0 aliphatic carbocycles. The second kappa shape index (κ2) is 10.9. The van der Waals surface area contributed by atoms with Crippen molar-refractivity contribution in [3.8, 4) is 0 Å². The standard InChI is InChI=1S/C12H30N4O5P2/c17-22(18,12-23(19,20)21)11-16-9-2-5-14-7-6-13-3-1-4-15-8-10-16/h13-15H,1-12H2,(H,17,18)(H2,19,20,21). The summed E-state index contributed by atoms with van der Waals surface area (Å²) >= 11 is 0. The largest absolute Gasteiger partial charge is 0.343 e. The maximum absolute atomic E-state index is 12.1. The van der Waals surface area contributed by atoms with E-state index >= 15 is 0 Å². The summed E-state index contributed by atoms with van der Waals surface area (Å²) in [6.45, 7) is 6.30. The summed E-state index contributed by atoms with van der Waals surface area (Å²) in [5.41, 5.74) is 0. The molecule has 1 rings (SSSR count). The lowest BCUT2D eigenvalue weighted by molar-refractivity contribution is 0.293. The Morgan fingerprint density at radius 2 is 1.35 bits per heavy atom. The van der Waals surface area contributed by atoms with Crippen molar-refractivity contribution >= 4 is 15.0 Å². The van der Waals surface area contributed by atoms with E-state index in [9.17, 15) is 14.0 Å². The molecule has 0 radical (unpaired) electrons. The summed E-state index contributed by atoms with van der Waals surface area (Å²) in [6.07, 6.45) is 1.65. The predicted molar refractivity (Wildman–Crippen MR) is 91.0 cm³/mol. The second-order valence-electron chi connectivity index (χ2n) is 5.87. The molecule has 0 aromatic rings. The molecular weight excluding hydrogens is 342 g/mol. The molecule has 1 aliphatic rings. The first kappa shape index (κ1) is 21.2. The van der Waals surface area contributed by atoms with E-state index in [0.717, 1.165) is 45.6 Å². The first-order valence-electron chi connectivity index (χ1n) is 7.98. The molecule has 0 spiro atoms. The minimum atomic E-state index is -4.49. The Morgan fingerprint density at radius 1 is 0.783 bits per heavy atom. The molecule has 1 fully saturated rings. The quantitative estimate of drug-likeness (QED) is 0.351. The van der Waals surface area contributed by atoms with E-state index in [0.29, 0.717) is 19.6 Å². The predicted octanol–water partition coefficient (Wildman–Crippen LogP) is -0.786. The van der Waals surface area contributed by atoms with Crippen LogP contribution >= 0.6 is 15.0 Å². The Kier molecular flexibility index (Phi) is 10.1. The van der Waals surface area contributed by atoms with Gasteiger partial charge in [0, 0.05) is 26.2 Å². The van der Waals surface area contributed by atoms with Crippen LogP contribution in [0.5, 0.6) is 0 Å². The van der Waals surface area contributed by atoms with Gasteiger partial charge in [-0.05, 0) is 39.0 Å². The number of rotatable bonds is 4. The molecular formula is C12H30N4O5P2. The fourth-order valence-electron chi connectivity index (χ4n) is 2.45. The van der Waals surface area contributed by atoms with E-state index in [1.807, 2.05) is 4.90 Å². The fourth-order valence-corrected chi connectivity index (χ4v) is 6.02. The van der Waals surface area contributed by atoms with Crippen molar-refractivity contribution in [2.45, 2.75) is 12.8 Å². The molecule has 1 unspecified atom stereocenters. The molecule has 9 nitrogen and oxygen atoms in total. The zero-order valence-electron chi connectivity index (χ0n) is 13.5. The van der Waals surface area contributed by atoms with Crippen molar-refractivity contribution in [3.63, 3.8) is 0 Å². The van der Waals surface area contributed by atoms with E-state index in [4.69, 9.17) is 9.79 Å². The summed E-state index contributed by atoms with van der Waals surface area (Å²) < 4.78 is 23.0. The normalized spacial score (nSPS) is 23.8. The van der Waals surface area contributed by atoms with Crippen LogP contribution in [0.3, 0.4) is 0 Å². The molecule has 11 heteroatoms. The van der Waals surface area contributed by atoms with E-state index < -0.39 is 20.9 Å². The van der Waals surface area contributed by atoms with Crippen LogP contribution in [0.2, 0.25) is 0 Å². The molecule has 0 aromatic heterocycles. The van der Waals surface area contributed by atoms with Gasteiger partial charge in [0.2, 0.25) is 7.37 Å². The lowest BCUT2D eigenvalue weighted by Gasteiger charge is -2.25. The maximum atomic E-state index is 12.1. The third-order valence-corrected chi connectivity index (χ3v) is 7.53. The van der Waals surface area contributed by atoms with Crippen LogP contribution in [0, 0.1) is 0 Å². The summed E-state index contributed by atoms with van der Waals surface area (Å²) in [7, 11) is -8.36. The highest BCUT2D eigenvalue weighted by Crippen LogP contribution is 2.54. The Morgan fingerprint density at radius 3 is 1.96 bits per heavy atom. The van der Waals surface area contributed by atoms with Crippen molar-refractivity contribution in [2.24, 2.45) is 0 Å². The van der Waals surface area contributed by atoms with Gasteiger partial charge in [0.1, 0.15) is 5.90 Å². The zero-order valence-corrected chi connectivity index (χ0v) is 15.3. The molecule has 0 bridgehead atoms. The van der Waals surface area contributed by atoms with Gasteiger partial charge in [0.05, 0.1) is 6.29 Å². The lowest BCUT2D eigenvalue weighted by atomic mass is 10.3. The Bertz CT molecular complexity index is 406. The number of nitrogens with one attached hydrogen (secondary N) is 3. The van der Waals surface area contributed by atoms with Crippen LogP contribution in [0.25, 0.3) is 0 Å². The third-order valence-electron chi connectivity index (χ3n) is 3.44. The molecule has 1 atom stereocenters. The van der Waals surface area contributed by atoms with Crippen LogP contribution < -0.4 is 16.0 Å². The number of hydrogen-bond acceptors (Lipinski definition) is 6. The molecule has 1 aliphatic heterocycles. The van der Waals surface area contributed by atoms with Crippen molar-refractivity contribution < 1.29 is 23.8 Å². The monoisotopic (exact) mass is 372 g/mol. The molecule has 138 valence electrons. The van der Waals surface area contributed by atoms with Gasteiger partial charge in [0.15, 0.2) is 0 Å². The molecule has 0 saturated carbocycles. The highest BCUT2D eigenvalue weighted by molar-refractivity contribution is 7.72. The van der Waals surface area contributed by atoms with Gasteiger partial charge in [0.25, 0.3) is 0 Å². The van der Waals surface area contributed by atoms with Gasteiger partial charge in [-0.2, -0.15) is 0 Å². The average molecular weight is 372 g/mol. The van der Waals surface area contributed by atoms with E-state index in [2.05, 4.69) is 16.0 Å². The van der Waals surface area contributed by atoms with Crippen LogP contribution in [-0.4, -0.2) is 84.1 Å². The lowest BCUT2D eigenvalue weighted by Crippen LogP contribution is -2.37. The van der Waals surface area contributed by atoms with Crippen LogP contribution in [0.4, 0.5) is 0 Å². The van der Waals surface area contributed by atoms with E-state index in [1.54, 1.807) is 0 Å². The van der Waals surface area contributed by atoms with Gasteiger partial charge < -0.3 is 30.6 Å². The van der Waals surface area contributed by atoms with Gasteiger partial charge >= 0.3 is 7.60 Å². The molecule has 0 amide bonds. The highest BCUT2D eigenvalue weighted by atomic mass is 31.2. The van der Waals surface area contributed by atoms with Crippen molar-refractivity contribution in [2.75, 3.05) is 64.5 Å². The zero-order chi connectivity index (χ0) is 17.2. The van der Waals surface area contributed by atoms with Crippen LogP contribution in [0.1, 0.15) is 12.8 Å². The summed E-state index contributed by atoms with van der Waals surface area (Å²) in [4.78, 5) is 29.5. The summed E-state index contributed by atoms with van der Waals surface area (Å²) in [5, 5.41) is 9.93. The topological polar surface area (TPSA) is 134 Å². The van der Waals surface area contributed by atoms with Crippen molar-refractivity contribution in [3.05, 3.63) is 0 Å². The first-order valence-corrected chi connectivity index (χ1v) is 11.8. The SMILES string of the molecule is O=P(O)(O)CP(=O)(O)CN1CCCNCCNCCCNCC1. The Labute approximate surface area is 137 Å². The molecule has 23 heavy (non-hydrogen) atoms. The van der Waals surface area contributed by atoms with Crippen molar-refractivity contribution in [1.29, 1.82) is 0 Å². The van der Waals surface area contributed by atoms with E-state index in [1.165, 1.54) is 0 Å². The highest BCUT2D eigenvalue weighted by Gasteiger charge is 2.31. The van der Waals surface area contributed by atoms with Gasteiger partial charge in [-0.15, -0.1) is 0 Å². The maximum Gasteiger partial charge on any atom is 0.335 e. The fraction of sp³-hybridized carbons (Fsp3) is 1.00. The Hall–Kier alpha value is 0.180. The van der Waals surface area contributed by atoms with Gasteiger partial charge in [-0.3, -0.25) is 14.0 Å². The Balaban J connectivity index is 2.50. The van der Waals surface area contributed by atoms with Crippen LogP contribution in [0.15, 0.2) is 0 Å². The number of nitrogens with zero attached hydrogens (tertiary/aromatic N) is 1. The molecule has 1 heterocycles. The van der Waals surface area contributed by atoms with Crippen molar-refractivity contribution in [1.82, 2.24) is 20.9 Å². The van der Waals surface area contributed by atoms with Crippen LogP contribution in [-0.2, 0) is 9.13 Å². The smallest absolute Gasteiger partial charge is 0.335 e. The summed E-state index contributed by atoms with van der Waals surface area (Å²) in [6, 6.07) is 0. The number of hydrogen-bond donors (Lipinski definition) is 6. The average Bonchev–Trinajstić information content (AvgIpc) is 2.40.